The van der Waals surface area contributed by atoms with Gasteiger partial charge in [-0.05, 0) is 55.0 Å². The second-order valence-electron chi connectivity index (χ2n) is 4.72. The number of nitrogens with one attached hydrogen (secondary N) is 2. The highest BCUT2D eigenvalue weighted by atomic mass is 35.5. The first-order valence-corrected chi connectivity index (χ1v) is 7.79. The van der Waals surface area contributed by atoms with Crippen molar-refractivity contribution in [2.24, 2.45) is 0 Å². The molecule has 0 unspecified atom stereocenters. The third kappa shape index (κ3) is 4.58. The van der Waals surface area contributed by atoms with E-state index >= 15 is 0 Å². The lowest BCUT2D eigenvalue weighted by atomic mass is 10.1. The van der Waals surface area contributed by atoms with Gasteiger partial charge < -0.3 is 15.4 Å². The molecule has 4 nitrogen and oxygen atoms in total. The molecular formula is C16H14Cl2N2O2S. The Labute approximate surface area is 149 Å². The molecule has 120 valence electrons. The summed E-state index contributed by atoms with van der Waals surface area (Å²) in [6.07, 6.45) is 0. The number of carbonyl (C=O) groups is 1. The van der Waals surface area contributed by atoms with Crippen LogP contribution in [-0.2, 0) is 4.74 Å². The molecule has 0 aliphatic carbocycles. The first-order valence-electron chi connectivity index (χ1n) is 6.62. The molecule has 2 aromatic rings. The molecule has 0 aromatic heterocycles. The maximum Gasteiger partial charge on any atom is 0.337 e. The Hall–Kier alpha value is -1.82. The third-order valence-corrected chi connectivity index (χ3v) is 3.85. The predicted molar refractivity (Wildman–Crippen MR) is 98.8 cm³/mol. The summed E-state index contributed by atoms with van der Waals surface area (Å²) in [4.78, 5) is 11.6. The molecule has 0 aliphatic rings. The van der Waals surface area contributed by atoms with E-state index in [1.807, 2.05) is 13.0 Å². The van der Waals surface area contributed by atoms with Crippen LogP contribution in [0.2, 0.25) is 10.0 Å². The Kier molecular flexibility index (Phi) is 5.82. The summed E-state index contributed by atoms with van der Waals surface area (Å²) in [5.41, 5.74) is 2.66. The van der Waals surface area contributed by atoms with Crippen molar-refractivity contribution in [1.29, 1.82) is 0 Å². The summed E-state index contributed by atoms with van der Waals surface area (Å²) in [5, 5.41) is 7.39. The molecule has 2 N–H and O–H groups in total. The molecule has 0 saturated carbocycles. The van der Waals surface area contributed by atoms with Gasteiger partial charge in [-0.15, -0.1) is 0 Å². The van der Waals surface area contributed by atoms with Crippen molar-refractivity contribution in [3.05, 3.63) is 57.6 Å². The first kappa shape index (κ1) is 17.5. The van der Waals surface area contributed by atoms with Crippen LogP contribution < -0.4 is 10.6 Å². The summed E-state index contributed by atoms with van der Waals surface area (Å²) in [5.74, 6) is -0.412. The average molecular weight is 369 g/mol. The molecular weight excluding hydrogens is 355 g/mol. The summed E-state index contributed by atoms with van der Waals surface area (Å²) in [7, 11) is 1.34. The zero-order chi connectivity index (χ0) is 17.0. The predicted octanol–water partition coefficient (Wildman–Crippen LogP) is 4.90. The molecule has 0 bridgehead atoms. The number of ether oxygens (including phenoxy) is 1. The van der Waals surface area contributed by atoms with Crippen molar-refractivity contribution in [3.63, 3.8) is 0 Å². The SMILES string of the molecule is COC(=O)c1ccc(C)c(NC(=S)Nc2cc(Cl)ccc2Cl)c1. The van der Waals surface area contributed by atoms with Crippen LogP contribution in [0.3, 0.4) is 0 Å². The first-order chi connectivity index (χ1) is 10.9. The van der Waals surface area contributed by atoms with E-state index < -0.39 is 5.97 Å². The number of methoxy groups -OCH3 is 1. The van der Waals surface area contributed by atoms with Crippen LogP contribution in [0.4, 0.5) is 11.4 Å². The highest BCUT2D eigenvalue weighted by Gasteiger charge is 2.10. The standard InChI is InChI=1S/C16H14Cl2N2O2S/c1-9-3-4-10(15(21)22-2)7-13(9)19-16(23)20-14-8-11(17)5-6-12(14)18/h3-8H,1-2H3,(H2,19,20,23). The zero-order valence-corrected chi connectivity index (χ0v) is 14.8. The molecule has 0 heterocycles. The van der Waals surface area contributed by atoms with Gasteiger partial charge in [0.05, 0.1) is 23.4 Å². The fourth-order valence-corrected chi connectivity index (χ4v) is 2.43. The van der Waals surface area contributed by atoms with Gasteiger partial charge in [0, 0.05) is 10.7 Å². The van der Waals surface area contributed by atoms with Crippen LogP contribution in [0.1, 0.15) is 15.9 Å². The Morgan fingerprint density at radius 1 is 1.09 bits per heavy atom. The lowest BCUT2D eigenvalue weighted by Gasteiger charge is -2.14. The lowest BCUT2D eigenvalue weighted by molar-refractivity contribution is 0.0601. The lowest BCUT2D eigenvalue weighted by Crippen LogP contribution is -2.20. The topological polar surface area (TPSA) is 50.4 Å². The van der Waals surface area contributed by atoms with Crippen LogP contribution >= 0.6 is 35.4 Å². The zero-order valence-electron chi connectivity index (χ0n) is 12.4. The second-order valence-corrected chi connectivity index (χ2v) is 5.98. The van der Waals surface area contributed by atoms with Gasteiger partial charge in [-0.1, -0.05) is 29.3 Å². The molecule has 7 heteroatoms. The van der Waals surface area contributed by atoms with Crippen LogP contribution in [0.15, 0.2) is 36.4 Å². The van der Waals surface area contributed by atoms with E-state index in [1.54, 1.807) is 30.3 Å². The van der Waals surface area contributed by atoms with Gasteiger partial charge in [-0.25, -0.2) is 4.79 Å². The van der Waals surface area contributed by atoms with E-state index in [-0.39, 0.29) is 0 Å². The number of anilines is 2. The van der Waals surface area contributed by atoms with Crippen LogP contribution in [0.25, 0.3) is 0 Å². The van der Waals surface area contributed by atoms with Crippen LogP contribution in [-0.4, -0.2) is 18.2 Å². The number of carbonyl (C=O) groups excluding carboxylic acids is 1. The number of halogens is 2. The fraction of sp³-hybridized carbons (Fsp3) is 0.125. The van der Waals surface area contributed by atoms with Crippen molar-refractivity contribution in [1.82, 2.24) is 0 Å². The number of aryl methyl sites for hydroxylation is 1. The van der Waals surface area contributed by atoms with Crippen molar-refractivity contribution in [2.45, 2.75) is 6.92 Å². The highest BCUT2D eigenvalue weighted by Crippen LogP contribution is 2.26. The van der Waals surface area contributed by atoms with Gasteiger partial charge in [0.1, 0.15) is 0 Å². The molecule has 0 atom stereocenters. The minimum absolute atomic E-state index is 0.333. The number of rotatable bonds is 3. The molecule has 0 fully saturated rings. The summed E-state index contributed by atoms with van der Waals surface area (Å²) >= 11 is 17.3. The number of esters is 1. The molecule has 0 saturated heterocycles. The molecule has 2 aromatic carbocycles. The van der Waals surface area contributed by atoms with E-state index in [4.69, 9.17) is 40.2 Å². The number of hydrogen-bond donors (Lipinski definition) is 2. The van der Waals surface area contributed by atoms with E-state index in [0.29, 0.717) is 32.1 Å². The van der Waals surface area contributed by atoms with Gasteiger partial charge >= 0.3 is 5.97 Å². The van der Waals surface area contributed by atoms with E-state index in [1.165, 1.54) is 7.11 Å². The minimum atomic E-state index is -0.412. The quantitative estimate of drug-likeness (QED) is 0.596. The maximum absolute atomic E-state index is 11.6. The number of hydrogen-bond acceptors (Lipinski definition) is 3. The number of thiocarbonyl (C=S) groups is 1. The van der Waals surface area contributed by atoms with Crippen LogP contribution in [0.5, 0.6) is 0 Å². The van der Waals surface area contributed by atoms with Gasteiger partial charge in [0.15, 0.2) is 5.11 Å². The van der Waals surface area contributed by atoms with E-state index in [2.05, 4.69) is 10.6 Å². The smallest absolute Gasteiger partial charge is 0.337 e. The van der Waals surface area contributed by atoms with E-state index in [9.17, 15) is 4.79 Å². The van der Waals surface area contributed by atoms with Crippen molar-refractivity contribution >= 4 is 57.9 Å². The van der Waals surface area contributed by atoms with Gasteiger partial charge in [-0.2, -0.15) is 0 Å². The van der Waals surface area contributed by atoms with Crippen LogP contribution in [0, 0.1) is 6.92 Å². The molecule has 0 amide bonds. The molecule has 0 radical (unpaired) electrons. The highest BCUT2D eigenvalue weighted by molar-refractivity contribution is 7.80. The largest absolute Gasteiger partial charge is 0.465 e. The Bertz CT molecular complexity index is 766. The Morgan fingerprint density at radius 3 is 2.48 bits per heavy atom. The summed E-state index contributed by atoms with van der Waals surface area (Å²) in [6.45, 7) is 1.90. The van der Waals surface area contributed by atoms with E-state index in [0.717, 1.165) is 5.56 Å². The summed E-state index contributed by atoms with van der Waals surface area (Å²) < 4.78 is 4.71. The second kappa shape index (κ2) is 7.64. The van der Waals surface area contributed by atoms with Crippen molar-refractivity contribution < 1.29 is 9.53 Å². The van der Waals surface area contributed by atoms with Gasteiger partial charge in [-0.3, -0.25) is 0 Å². The third-order valence-electron chi connectivity index (χ3n) is 3.08. The monoisotopic (exact) mass is 368 g/mol. The molecule has 23 heavy (non-hydrogen) atoms. The fourth-order valence-electron chi connectivity index (χ4n) is 1.87. The van der Waals surface area contributed by atoms with Gasteiger partial charge in [0.25, 0.3) is 0 Å². The van der Waals surface area contributed by atoms with Crippen molar-refractivity contribution in [3.8, 4) is 0 Å². The molecule has 2 rings (SSSR count). The normalized spacial score (nSPS) is 10.1. The van der Waals surface area contributed by atoms with Gasteiger partial charge in [0.2, 0.25) is 0 Å². The molecule has 0 aliphatic heterocycles. The summed E-state index contributed by atoms with van der Waals surface area (Å²) in [6, 6.07) is 10.2. The average Bonchev–Trinajstić information content (AvgIpc) is 2.52. The van der Waals surface area contributed by atoms with Crippen molar-refractivity contribution in [2.75, 3.05) is 17.7 Å². The minimum Gasteiger partial charge on any atom is -0.465 e. The maximum atomic E-state index is 11.6. The Morgan fingerprint density at radius 2 is 1.78 bits per heavy atom. The molecule has 0 spiro atoms. The Balaban J connectivity index is 2.17. The number of benzene rings is 2.